The first kappa shape index (κ1) is 32.2. The van der Waals surface area contributed by atoms with Crippen molar-refractivity contribution in [2.45, 2.75) is 0 Å². The maximum absolute atomic E-state index is 6.78. The Kier molecular flexibility index (Phi) is 6.72. The van der Waals surface area contributed by atoms with Gasteiger partial charge in [-0.2, -0.15) is 0 Å². The average molecular weight is 752 g/mol. The van der Waals surface area contributed by atoms with Crippen LogP contribution in [0.3, 0.4) is 0 Å². The summed E-state index contributed by atoms with van der Waals surface area (Å²) in [6.45, 7) is 0. The predicted octanol–water partition coefficient (Wildman–Crippen LogP) is 15.9. The fourth-order valence-electron chi connectivity index (χ4n) is 9.80. The van der Waals surface area contributed by atoms with Crippen LogP contribution in [0.5, 0.6) is 0 Å². The number of aromatic nitrogens is 1. The highest BCUT2D eigenvalue weighted by Gasteiger charge is 2.21. The Labute approximate surface area is 338 Å². The van der Waals surface area contributed by atoms with Crippen LogP contribution in [0.15, 0.2) is 209 Å². The van der Waals surface area contributed by atoms with Crippen molar-refractivity contribution in [3.63, 3.8) is 0 Å². The van der Waals surface area contributed by atoms with Crippen LogP contribution in [0.4, 0.5) is 0 Å². The van der Waals surface area contributed by atoms with Crippen LogP contribution in [0.1, 0.15) is 0 Å². The third kappa shape index (κ3) is 4.70. The molecular formula is C56H33NO2. The van der Waals surface area contributed by atoms with E-state index in [2.05, 4.69) is 199 Å². The summed E-state index contributed by atoms with van der Waals surface area (Å²) in [6.07, 6.45) is 1.87. The minimum atomic E-state index is 0.771. The summed E-state index contributed by atoms with van der Waals surface area (Å²) in [4.78, 5) is 0. The van der Waals surface area contributed by atoms with Gasteiger partial charge in [-0.15, -0.1) is 0 Å². The first-order valence-corrected chi connectivity index (χ1v) is 20.2. The van der Waals surface area contributed by atoms with E-state index in [4.69, 9.17) is 8.83 Å². The van der Waals surface area contributed by atoms with Gasteiger partial charge < -0.3 is 13.4 Å². The molecule has 274 valence electrons. The van der Waals surface area contributed by atoms with E-state index in [1.165, 1.54) is 70.8 Å². The van der Waals surface area contributed by atoms with E-state index >= 15 is 0 Å². The van der Waals surface area contributed by atoms with Crippen molar-refractivity contribution in [1.82, 2.24) is 4.57 Å². The average Bonchev–Trinajstić information content (AvgIpc) is 4.00. The lowest BCUT2D eigenvalue weighted by molar-refractivity contribution is 0.600. The molecule has 0 aliphatic carbocycles. The number of hydrogen-bond acceptors (Lipinski definition) is 2. The molecular weight excluding hydrogens is 719 g/mol. The molecule has 13 aromatic rings. The summed E-state index contributed by atoms with van der Waals surface area (Å²) in [5.74, 6) is 0. The SMILES string of the molecule is c1ccc(-n2c3ccccc3c3cc(-c4c5ccccc5c(-c5ccc6c(c5)oc5c6ccc6c(-c7ccc8ccccc8c7)coc65)c5ccccc45)ccc32)cc1. The summed E-state index contributed by atoms with van der Waals surface area (Å²) in [6, 6.07) is 70.2. The lowest BCUT2D eigenvalue weighted by Gasteiger charge is -2.18. The van der Waals surface area contributed by atoms with Gasteiger partial charge >= 0.3 is 0 Å². The van der Waals surface area contributed by atoms with Crippen LogP contribution >= 0.6 is 0 Å². The van der Waals surface area contributed by atoms with Crippen molar-refractivity contribution in [1.29, 1.82) is 0 Å². The molecule has 0 unspecified atom stereocenters. The van der Waals surface area contributed by atoms with Gasteiger partial charge in [0.05, 0.1) is 17.3 Å². The number of benzene rings is 10. The van der Waals surface area contributed by atoms with Crippen LogP contribution in [-0.2, 0) is 0 Å². The van der Waals surface area contributed by atoms with Gasteiger partial charge in [0.15, 0.2) is 11.2 Å². The van der Waals surface area contributed by atoms with Crippen LogP contribution in [-0.4, -0.2) is 4.57 Å². The summed E-state index contributed by atoms with van der Waals surface area (Å²) in [5.41, 5.74) is 12.9. The van der Waals surface area contributed by atoms with Gasteiger partial charge in [-0.3, -0.25) is 0 Å². The number of nitrogens with zero attached hydrogens (tertiary/aromatic N) is 1. The van der Waals surface area contributed by atoms with Crippen molar-refractivity contribution in [2.75, 3.05) is 0 Å². The molecule has 0 aliphatic heterocycles. The summed E-state index contributed by atoms with van der Waals surface area (Å²) in [7, 11) is 0. The van der Waals surface area contributed by atoms with E-state index in [-0.39, 0.29) is 0 Å². The molecule has 13 rings (SSSR count). The Morgan fingerprint density at radius 2 is 0.915 bits per heavy atom. The van der Waals surface area contributed by atoms with E-state index < -0.39 is 0 Å². The molecule has 0 bridgehead atoms. The molecule has 0 N–H and O–H groups in total. The van der Waals surface area contributed by atoms with Gasteiger partial charge in [-0.25, -0.2) is 0 Å². The minimum Gasteiger partial charge on any atom is -0.460 e. The fraction of sp³-hybridized carbons (Fsp3) is 0. The van der Waals surface area contributed by atoms with Crippen molar-refractivity contribution >= 4 is 87.0 Å². The maximum Gasteiger partial charge on any atom is 0.178 e. The highest BCUT2D eigenvalue weighted by atomic mass is 16.4. The molecule has 59 heavy (non-hydrogen) atoms. The smallest absolute Gasteiger partial charge is 0.178 e. The zero-order valence-electron chi connectivity index (χ0n) is 31.8. The number of furan rings is 2. The quantitative estimate of drug-likeness (QED) is 0.168. The third-order valence-corrected chi connectivity index (χ3v) is 12.4. The maximum atomic E-state index is 6.78. The Balaban J connectivity index is 0.993. The monoisotopic (exact) mass is 751 g/mol. The first-order valence-electron chi connectivity index (χ1n) is 20.2. The van der Waals surface area contributed by atoms with Crippen molar-refractivity contribution in [2.24, 2.45) is 0 Å². The molecule has 0 fully saturated rings. The Bertz CT molecular complexity index is 3790. The lowest BCUT2D eigenvalue weighted by Crippen LogP contribution is -1.93. The number of fused-ring (bicyclic) bond motifs is 11. The first-order chi connectivity index (χ1) is 29.3. The second kappa shape index (κ2) is 12.3. The van der Waals surface area contributed by atoms with Crippen molar-refractivity contribution in [3.05, 3.63) is 200 Å². The highest BCUT2D eigenvalue weighted by Crippen LogP contribution is 2.47. The van der Waals surface area contributed by atoms with Crippen molar-refractivity contribution in [3.8, 4) is 39.1 Å². The molecule has 0 saturated carbocycles. The molecule has 0 atom stereocenters. The normalized spacial score (nSPS) is 12.1. The van der Waals surface area contributed by atoms with Gasteiger partial charge in [-0.1, -0.05) is 133 Å². The molecule has 10 aromatic carbocycles. The third-order valence-electron chi connectivity index (χ3n) is 12.4. The molecule has 0 saturated heterocycles. The second-order valence-corrected chi connectivity index (χ2v) is 15.6. The predicted molar refractivity (Wildman–Crippen MR) is 247 cm³/mol. The summed E-state index contributed by atoms with van der Waals surface area (Å²) < 4.78 is 15.5. The van der Waals surface area contributed by atoms with Crippen LogP contribution in [0.25, 0.3) is 126 Å². The number of rotatable bonds is 4. The lowest BCUT2D eigenvalue weighted by atomic mass is 9.85. The van der Waals surface area contributed by atoms with Gasteiger partial charge in [0.2, 0.25) is 0 Å². The van der Waals surface area contributed by atoms with E-state index in [1.807, 2.05) is 6.26 Å². The highest BCUT2D eigenvalue weighted by molar-refractivity contribution is 6.23. The van der Waals surface area contributed by atoms with Crippen LogP contribution in [0.2, 0.25) is 0 Å². The molecule has 3 heteroatoms. The van der Waals surface area contributed by atoms with Gasteiger partial charge in [-0.05, 0) is 121 Å². The topological polar surface area (TPSA) is 31.2 Å². The minimum absolute atomic E-state index is 0.771. The Hall–Kier alpha value is -7.88. The molecule has 3 aromatic heterocycles. The second-order valence-electron chi connectivity index (χ2n) is 15.6. The van der Waals surface area contributed by atoms with Gasteiger partial charge in [0.25, 0.3) is 0 Å². The van der Waals surface area contributed by atoms with Gasteiger partial charge in [0, 0.05) is 38.2 Å². The molecule has 0 radical (unpaired) electrons. The van der Waals surface area contributed by atoms with Crippen LogP contribution in [0, 0.1) is 0 Å². The summed E-state index contributed by atoms with van der Waals surface area (Å²) in [5, 5.41) is 12.9. The van der Waals surface area contributed by atoms with E-state index in [9.17, 15) is 0 Å². The number of hydrogen-bond donors (Lipinski definition) is 0. The summed E-state index contributed by atoms with van der Waals surface area (Å²) >= 11 is 0. The largest absolute Gasteiger partial charge is 0.460 e. The molecule has 0 amide bonds. The molecule has 0 aliphatic rings. The zero-order chi connectivity index (χ0) is 38.6. The van der Waals surface area contributed by atoms with Crippen molar-refractivity contribution < 1.29 is 8.83 Å². The standard InChI is InChI=1S/C56H33NO2/c1-2-14-39(15-3-1)57-50-21-11-10-16-40(50)48-31-37(25-29-51(48)57)53-42-17-6-8-19-44(42)54(45-20-9-7-18-43(45)53)38-24-26-41-46-27-28-47-49(33-58-55(47)56(46)59-52(41)32-38)36-23-22-34-12-4-5-13-35(34)30-36/h1-33H. The van der Waals surface area contributed by atoms with E-state index in [0.29, 0.717) is 0 Å². The zero-order valence-corrected chi connectivity index (χ0v) is 31.8. The van der Waals surface area contributed by atoms with Crippen LogP contribution < -0.4 is 0 Å². The number of para-hydroxylation sites is 2. The van der Waals surface area contributed by atoms with E-state index in [1.54, 1.807) is 0 Å². The Morgan fingerprint density at radius 3 is 1.68 bits per heavy atom. The molecule has 3 nitrogen and oxygen atoms in total. The molecule has 3 heterocycles. The van der Waals surface area contributed by atoms with Gasteiger partial charge in [0.1, 0.15) is 5.58 Å². The van der Waals surface area contributed by atoms with E-state index in [0.717, 1.165) is 55.3 Å². The Morgan fingerprint density at radius 1 is 0.339 bits per heavy atom. The molecule has 0 spiro atoms. The fourth-order valence-corrected chi connectivity index (χ4v) is 9.80.